The smallest absolute Gasteiger partial charge is 0.255 e. The molecule has 1 atom stereocenters. The van der Waals surface area contributed by atoms with Crippen LogP contribution in [0.2, 0.25) is 0 Å². The van der Waals surface area contributed by atoms with Gasteiger partial charge in [0.25, 0.3) is 5.91 Å². The highest BCUT2D eigenvalue weighted by Gasteiger charge is 2.39. The molecule has 2 aliphatic rings. The van der Waals surface area contributed by atoms with Crippen molar-refractivity contribution in [2.75, 3.05) is 0 Å². The number of nitrogens with zero attached hydrogens (tertiary/aromatic N) is 3. The van der Waals surface area contributed by atoms with Gasteiger partial charge in [0.1, 0.15) is 6.04 Å². The number of carbonyl (C=O) groups is 3. The second-order valence-electron chi connectivity index (χ2n) is 8.57. The molecule has 0 aliphatic carbocycles. The number of amides is 3. The molecule has 2 aromatic heterocycles. The Morgan fingerprint density at radius 2 is 1.88 bits per heavy atom. The molecule has 3 amide bonds. The Kier molecular flexibility index (Phi) is 4.23. The molecule has 2 aliphatic heterocycles. The number of H-pyrrole nitrogens is 1. The van der Waals surface area contributed by atoms with Crippen LogP contribution in [-0.2, 0) is 23.2 Å². The molecular weight excluding hydrogens is 418 g/mol. The lowest BCUT2D eigenvalue weighted by atomic mass is 10.00. The van der Waals surface area contributed by atoms with Gasteiger partial charge in [0, 0.05) is 42.0 Å². The minimum absolute atomic E-state index is 0.173. The van der Waals surface area contributed by atoms with E-state index in [2.05, 4.69) is 27.5 Å². The number of aromatic nitrogens is 3. The van der Waals surface area contributed by atoms with Crippen LogP contribution in [0.25, 0.3) is 33.4 Å². The second-order valence-corrected chi connectivity index (χ2v) is 8.57. The molecule has 6 rings (SSSR count). The van der Waals surface area contributed by atoms with Crippen LogP contribution < -0.4 is 5.32 Å². The van der Waals surface area contributed by atoms with Crippen molar-refractivity contribution < 1.29 is 14.4 Å². The maximum Gasteiger partial charge on any atom is 0.255 e. The summed E-state index contributed by atoms with van der Waals surface area (Å²) >= 11 is 0. The summed E-state index contributed by atoms with van der Waals surface area (Å²) in [7, 11) is 1.91. The third kappa shape index (κ3) is 3.06. The van der Waals surface area contributed by atoms with Crippen LogP contribution in [0.5, 0.6) is 0 Å². The summed E-state index contributed by atoms with van der Waals surface area (Å²) in [6.07, 6.45) is 2.42. The number of carbonyl (C=O) groups excluding carboxylic acids is 3. The van der Waals surface area contributed by atoms with E-state index in [0.717, 1.165) is 39.0 Å². The summed E-state index contributed by atoms with van der Waals surface area (Å²) in [6.45, 7) is 0.344. The molecule has 33 heavy (non-hydrogen) atoms. The number of aryl methyl sites for hydroxylation is 1. The van der Waals surface area contributed by atoms with Gasteiger partial charge < -0.3 is 9.88 Å². The van der Waals surface area contributed by atoms with Crippen molar-refractivity contribution in [3.05, 3.63) is 65.9 Å². The van der Waals surface area contributed by atoms with Gasteiger partial charge in [-0.2, -0.15) is 5.10 Å². The molecule has 1 fully saturated rings. The van der Waals surface area contributed by atoms with Gasteiger partial charge in [-0.25, -0.2) is 0 Å². The molecular formula is C25H21N5O3. The number of hydrogen-bond donors (Lipinski definition) is 2. The fourth-order valence-electron chi connectivity index (χ4n) is 4.91. The molecule has 8 nitrogen and oxygen atoms in total. The zero-order chi connectivity index (χ0) is 22.7. The molecule has 0 saturated carbocycles. The molecule has 0 radical (unpaired) electrons. The Morgan fingerprint density at radius 1 is 1.03 bits per heavy atom. The number of fused-ring (bicyclic) bond motifs is 2. The average Bonchev–Trinajstić information content (AvgIpc) is 3.48. The Hall–Kier alpha value is -4.20. The largest absolute Gasteiger partial charge is 0.353 e. The first kappa shape index (κ1) is 19.5. The van der Waals surface area contributed by atoms with Crippen molar-refractivity contribution in [2.24, 2.45) is 7.05 Å². The third-order valence-corrected chi connectivity index (χ3v) is 6.56. The number of imide groups is 1. The first-order chi connectivity index (χ1) is 16.0. The lowest BCUT2D eigenvalue weighted by molar-refractivity contribution is -0.136. The number of aromatic amines is 1. The van der Waals surface area contributed by atoms with E-state index in [1.807, 2.05) is 54.3 Å². The SMILES string of the molecule is Cn1ncc(-c2ccc3c(c2)CN([C@H]2CCC(=O)NC2=O)C3=O)c1-c1cc2ccccc2[nH]1. The van der Waals surface area contributed by atoms with Crippen molar-refractivity contribution in [1.82, 2.24) is 25.0 Å². The first-order valence-corrected chi connectivity index (χ1v) is 10.9. The van der Waals surface area contributed by atoms with Gasteiger partial charge in [-0.1, -0.05) is 24.3 Å². The van der Waals surface area contributed by atoms with Crippen LogP contribution in [-0.4, -0.2) is 43.4 Å². The fourth-order valence-corrected chi connectivity index (χ4v) is 4.91. The van der Waals surface area contributed by atoms with Crippen LogP contribution in [0.4, 0.5) is 0 Å². The van der Waals surface area contributed by atoms with E-state index in [0.29, 0.717) is 18.5 Å². The number of rotatable bonds is 3. The summed E-state index contributed by atoms with van der Waals surface area (Å²) in [5.74, 6) is -0.863. The van der Waals surface area contributed by atoms with Gasteiger partial charge >= 0.3 is 0 Å². The van der Waals surface area contributed by atoms with Gasteiger partial charge in [-0.05, 0) is 41.8 Å². The predicted octanol–water partition coefficient (Wildman–Crippen LogP) is 3.00. The zero-order valence-corrected chi connectivity index (χ0v) is 18.0. The summed E-state index contributed by atoms with van der Waals surface area (Å²) < 4.78 is 1.84. The monoisotopic (exact) mass is 439 g/mol. The molecule has 2 aromatic carbocycles. The van der Waals surface area contributed by atoms with Crippen molar-refractivity contribution in [1.29, 1.82) is 0 Å². The fraction of sp³-hybridized carbons (Fsp3) is 0.200. The summed E-state index contributed by atoms with van der Waals surface area (Å²) in [5, 5.41) is 7.96. The Labute approximate surface area is 189 Å². The minimum atomic E-state index is -0.619. The molecule has 4 aromatic rings. The highest BCUT2D eigenvalue weighted by atomic mass is 16.2. The van der Waals surface area contributed by atoms with Gasteiger partial charge in [-0.3, -0.25) is 24.4 Å². The molecule has 4 heterocycles. The van der Waals surface area contributed by atoms with E-state index >= 15 is 0 Å². The van der Waals surface area contributed by atoms with Gasteiger partial charge in [0.05, 0.1) is 17.6 Å². The molecule has 164 valence electrons. The van der Waals surface area contributed by atoms with E-state index in [-0.39, 0.29) is 18.2 Å². The standard InChI is InChI=1S/C25H21N5O3/c1-29-23(20-11-15-4-2-3-5-19(15)27-20)18(12-26-29)14-6-7-17-16(10-14)13-30(25(17)33)21-8-9-22(31)28-24(21)32/h2-7,10-12,21,27H,8-9,13H2,1H3,(H,28,31,32)/t21-/m0/s1. The highest BCUT2D eigenvalue weighted by Crippen LogP contribution is 2.36. The lowest BCUT2D eigenvalue weighted by Gasteiger charge is -2.29. The van der Waals surface area contributed by atoms with Crippen LogP contribution in [0.3, 0.4) is 0 Å². The quantitative estimate of drug-likeness (QED) is 0.479. The van der Waals surface area contributed by atoms with Gasteiger partial charge in [0.2, 0.25) is 11.8 Å². The van der Waals surface area contributed by atoms with E-state index in [4.69, 9.17) is 0 Å². The van der Waals surface area contributed by atoms with Crippen LogP contribution in [0.15, 0.2) is 54.7 Å². The van der Waals surface area contributed by atoms with Gasteiger partial charge in [-0.15, -0.1) is 0 Å². The topological polar surface area (TPSA) is 100 Å². The molecule has 0 spiro atoms. The van der Waals surface area contributed by atoms with Crippen molar-refractivity contribution in [2.45, 2.75) is 25.4 Å². The number of nitrogens with one attached hydrogen (secondary N) is 2. The lowest BCUT2D eigenvalue weighted by Crippen LogP contribution is -2.52. The molecule has 8 heteroatoms. The molecule has 2 N–H and O–H groups in total. The summed E-state index contributed by atoms with van der Waals surface area (Å²) in [5.41, 5.74) is 6.35. The predicted molar refractivity (Wildman–Crippen MR) is 122 cm³/mol. The van der Waals surface area contributed by atoms with E-state index < -0.39 is 11.9 Å². The number of para-hydroxylation sites is 1. The zero-order valence-electron chi connectivity index (χ0n) is 18.0. The van der Waals surface area contributed by atoms with Crippen LogP contribution >= 0.6 is 0 Å². The maximum absolute atomic E-state index is 13.0. The average molecular weight is 439 g/mol. The highest BCUT2D eigenvalue weighted by molar-refractivity contribution is 6.05. The van der Waals surface area contributed by atoms with Gasteiger partial charge in [0.15, 0.2) is 0 Å². The van der Waals surface area contributed by atoms with E-state index in [1.165, 1.54) is 0 Å². The molecule has 1 saturated heterocycles. The Morgan fingerprint density at radius 3 is 2.70 bits per heavy atom. The molecule has 0 bridgehead atoms. The number of benzene rings is 2. The minimum Gasteiger partial charge on any atom is -0.353 e. The van der Waals surface area contributed by atoms with Crippen molar-refractivity contribution >= 4 is 28.6 Å². The number of piperidine rings is 1. The maximum atomic E-state index is 13.0. The Balaban J connectivity index is 1.36. The summed E-state index contributed by atoms with van der Waals surface area (Å²) in [6, 6.07) is 15.4. The second kappa shape index (κ2) is 7.16. The number of hydrogen-bond acceptors (Lipinski definition) is 4. The van der Waals surface area contributed by atoms with Crippen molar-refractivity contribution in [3.8, 4) is 22.5 Å². The van der Waals surface area contributed by atoms with E-state index in [9.17, 15) is 14.4 Å². The van der Waals surface area contributed by atoms with Crippen LogP contribution in [0.1, 0.15) is 28.8 Å². The van der Waals surface area contributed by atoms with Crippen LogP contribution in [0, 0.1) is 0 Å². The first-order valence-electron chi connectivity index (χ1n) is 10.9. The van der Waals surface area contributed by atoms with E-state index in [1.54, 1.807) is 4.90 Å². The van der Waals surface area contributed by atoms with Crippen molar-refractivity contribution in [3.63, 3.8) is 0 Å². The molecule has 0 unspecified atom stereocenters. The summed E-state index contributed by atoms with van der Waals surface area (Å²) in [4.78, 5) is 41.9. The third-order valence-electron chi connectivity index (χ3n) is 6.56. The normalized spacial score (nSPS) is 18.2. The Bertz CT molecular complexity index is 1430.